The molecule has 19 heavy (non-hydrogen) atoms. The smallest absolute Gasteiger partial charge is 0.221 e. The van der Waals surface area contributed by atoms with Crippen LogP contribution in [0.25, 0.3) is 0 Å². The standard InChI is InChI=1S/C14H26N4O/c1-7-19-14-11(4)13(15-9-16-14)17-12(10(2)3)8-18(5)6/h9-10,12H,7-8H2,1-6H3,(H,15,16,17). The van der Waals surface area contributed by atoms with Gasteiger partial charge in [-0.2, -0.15) is 0 Å². The Labute approximate surface area is 116 Å². The van der Waals surface area contributed by atoms with Gasteiger partial charge in [-0.25, -0.2) is 9.97 Å². The molecule has 5 heteroatoms. The van der Waals surface area contributed by atoms with E-state index in [0.717, 1.165) is 17.9 Å². The number of nitrogens with one attached hydrogen (secondary N) is 1. The van der Waals surface area contributed by atoms with Crippen LogP contribution in [-0.4, -0.2) is 48.2 Å². The van der Waals surface area contributed by atoms with Gasteiger partial charge in [-0.15, -0.1) is 0 Å². The summed E-state index contributed by atoms with van der Waals surface area (Å²) in [5, 5.41) is 3.50. The first kappa shape index (κ1) is 15.7. The van der Waals surface area contributed by atoms with Gasteiger partial charge in [-0.05, 0) is 33.9 Å². The summed E-state index contributed by atoms with van der Waals surface area (Å²) in [5.74, 6) is 2.04. The second-order valence-corrected chi connectivity index (χ2v) is 5.34. The summed E-state index contributed by atoms with van der Waals surface area (Å²) in [5.41, 5.74) is 0.966. The maximum absolute atomic E-state index is 5.50. The molecular weight excluding hydrogens is 240 g/mol. The normalized spacial score (nSPS) is 12.8. The Balaban J connectivity index is 2.87. The van der Waals surface area contributed by atoms with Crippen molar-refractivity contribution in [3.8, 4) is 5.88 Å². The SMILES string of the molecule is CCOc1ncnc(NC(CN(C)C)C(C)C)c1C. The zero-order valence-electron chi connectivity index (χ0n) is 12.9. The van der Waals surface area contributed by atoms with E-state index in [4.69, 9.17) is 4.74 Å². The molecule has 1 aromatic heterocycles. The molecule has 0 aliphatic carbocycles. The van der Waals surface area contributed by atoms with E-state index in [1.807, 2.05) is 13.8 Å². The van der Waals surface area contributed by atoms with Gasteiger partial charge < -0.3 is 15.0 Å². The summed E-state index contributed by atoms with van der Waals surface area (Å²) in [6.07, 6.45) is 1.55. The minimum atomic E-state index is 0.345. The summed E-state index contributed by atoms with van der Waals surface area (Å²) < 4.78 is 5.50. The van der Waals surface area contributed by atoms with Crippen LogP contribution >= 0.6 is 0 Å². The van der Waals surface area contributed by atoms with Crippen LogP contribution in [0, 0.1) is 12.8 Å². The third-order valence-corrected chi connectivity index (χ3v) is 3.01. The molecule has 0 spiro atoms. The van der Waals surface area contributed by atoms with Gasteiger partial charge in [0.15, 0.2) is 0 Å². The third-order valence-electron chi connectivity index (χ3n) is 3.01. The van der Waals surface area contributed by atoms with Crippen molar-refractivity contribution in [3.63, 3.8) is 0 Å². The van der Waals surface area contributed by atoms with Crippen molar-refractivity contribution in [2.75, 3.05) is 32.6 Å². The number of ether oxygens (including phenoxy) is 1. The maximum atomic E-state index is 5.50. The Morgan fingerprint density at radius 1 is 1.32 bits per heavy atom. The van der Waals surface area contributed by atoms with Crippen LogP contribution < -0.4 is 10.1 Å². The molecule has 1 aromatic rings. The number of anilines is 1. The molecule has 0 bridgehead atoms. The number of likely N-dealkylation sites (N-methyl/N-ethyl adjacent to an activating group) is 1. The van der Waals surface area contributed by atoms with Crippen LogP contribution in [0.2, 0.25) is 0 Å². The first-order valence-corrected chi connectivity index (χ1v) is 6.81. The lowest BCUT2D eigenvalue weighted by atomic mass is 10.0. The monoisotopic (exact) mass is 266 g/mol. The number of rotatable bonds is 7. The van der Waals surface area contributed by atoms with E-state index in [1.165, 1.54) is 0 Å². The molecule has 0 aliphatic heterocycles. The van der Waals surface area contributed by atoms with Gasteiger partial charge in [-0.1, -0.05) is 13.8 Å². The van der Waals surface area contributed by atoms with E-state index in [-0.39, 0.29) is 0 Å². The Kier molecular flexibility index (Phi) is 6.02. The average molecular weight is 266 g/mol. The second kappa shape index (κ2) is 7.28. The zero-order valence-corrected chi connectivity index (χ0v) is 12.9. The minimum absolute atomic E-state index is 0.345. The average Bonchev–Trinajstić information content (AvgIpc) is 2.32. The van der Waals surface area contributed by atoms with Crippen molar-refractivity contribution in [2.24, 2.45) is 5.92 Å². The van der Waals surface area contributed by atoms with Crippen molar-refractivity contribution < 1.29 is 4.74 Å². The van der Waals surface area contributed by atoms with E-state index >= 15 is 0 Å². The van der Waals surface area contributed by atoms with Crippen molar-refractivity contribution in [1.29, 1.82) is 0 Å². The Bertz CT molecular complexity index is 393. The van der Waals surface area contributed by atoms with Crippen LogP contribution in [0.1, 0.15) is 26.3 Å². The molecule has 1 atom stereocenters. The zero-order chi connectivity index (χ0) is 14.4. The molecule has 1 heterocycles. The van der Waals surface area contributed by atoms with E-state index in [0.29, 0.717) is 24.4 Å². The Morgan fingerprint density at radius 3 is 2.53 bits per heavy atom. The number of nitrogens with zero attached hydrogens (tertiary/aromatic N) is 3. The highest BCUT2D eigenvalue weighted by Gasteiger charge is 2.17. The van der Waals surface area contributed by atoms with Gasteiger partial charge in [0.05, 0.1) is 12.2 Å². The van der Waals surface area contributed by atoms with Crippen molar-refractivity contribution >= 4 is 5.82 Å². The van der Waals surface area contributed by atoms with Gasteiger partial charge in [-0.3, -0.25) is 0 Å². The molecule has 0 amide bonds. The minimum Gasteiger partial charge on any atom is -0.478 e. The molecule has 108 valence electrons. The molecule has 1 rings (SSSR count). The van der Waals surface area contributed by atoms with Crippen LogP contribution in [0.15, 0.2) is 6.33 Å². The summed E-state index contributed by atoms with van der Waals surface area (Å²) in [6, 6.07) is 0.345. The number of hydrogen-bond acceptors (Lipinski definition) is 5. The molecule has 0 aliphatic rings. The molecule has 0 radical (unpaired) electrons. The molecule has 0 fully saturated rings. The van der Waals surface area contributed by atoms with Crippen LogP contribution in [0.5, 0.6) is 5.88 Å². The lowest BCUT2D eigenvalue weighted by Crippen LogP contribution is -2.36. The summed E-state index contributed by atoms with van der Waals surface area (Å²) in [7, 11) is 4.16. The van der Waals surface area contributed by atoms with Crippen molar-refractivity contribution in [3.05, 3.63) is 11.9 Å². The first-order chi connectivity index (χ1) is 8.95. The molecule has 0 saturated heterocycles. The largest absolute Gasteiger partial charge is 0.478 e. The maximum Gasteiger partial charge on any atom is 0.221 e. The molecule has 1 N–H and O–H groups in total. The van der Waals surface area contributed by atoms with E-state index in [2.05, 4.69) is 48.1 Å². The fourth-order valence-corrected chi connectivity index (χ4v) is 1.85. The Hall–Kier alpha value is -1.36. The van der Waals surface area contributed by atoms with Gasteiger partial charge in [0.1, 0.15) is 12.1 Å². The highest BCUT2D eigenvalue weighted by molar-refractivity contribution is 5.48. The number of aromatic nitrogens is 2. The predicted molar refractivity (Wildman–Crippen MR) is 78.7 cm³/mol. The molecule has 1 unspecified atom stereocenters. The number of hydrogen-bond donors (Lipinski definition) is 1. The molecule has 5 nitrogen and oxygen atoms in total. The van der Waals surface area contributed by atoms with Crippen molar-refractivity contribution in [2.45, 2.75) is 33.7 Å². The molecule has 0 saturated carbocycles. The summed E-state index contributed by atoms with van der Waals surface area (Å²) >= 11 is 0. The molecular formula is C14H26N4O. The topological polar surface area (TPSA) is 50.3 Å². The fourth-order valence-electron chi connectivity index (χ4n) is 1.85. The third kappa shape index (κ3) is 4.67. The molecule has 0 aromatic carbocycles. The van der Waals surface area contributed by atoms with Gasteiger partial charge >= 0.3 is 0 Å². The van der Waals surface area contributed by atoms with Crippen LogP contribution in [-0.2, 0) is 0 Å². The van der Waals surface area contributed by atoms with E-state index in [9.17, 15) is 0 Å². The lowest BCUT2D eigenvalue weighted by Gasteiger charge is -2.26. The van der Waals surface area contributed by atoms with Gasteiger partial charge in [0.2, 0.25) is 5.88 Å². The van der Waals surface area contributed by atoms with E-state index in [1.54, 1.807) is 6.33 Å². The summed E-state index contributed by atoms with van der Waals surface area (Å²) in [6.45, 7) is 9.94. The van der Waals surface area contributed by atoms with Gasteiger partial charge in [0.25, 0.3) is 0 Å². The van der Waals surface area contributed by atoms with Crippen molar-refractivity contribution in [1.82, 2.24) is 14.9 Å². The Morgan fingerprint density at radius 2 is 2.00 bits per heavy atom. The van der Waals surface area contributed by atoms with Crippen LogP contribution in [0.4, 0.5) is 5.82 Å². The predicted octanol–water partition coefficient (Wildman–Crippen LogP) is 2.18. The van der Waals surface area contributed by atoms with Gasteiger partial charge in [0, 0.05) is 12.6 Å². The highest BCUT2D eigenvalue weighted by Crippen LogP contribution is 2.22. The van der Waals surface area contributed by atoms with Crippen LogP contribution in [0.3, 0.4) is 0 Å². The summed E-state index contributed by atoms with van der Waals surface area (Å²) in [4.78, 5) is 10.7. The second-order valence-electron chi connectivity index (χ2n) is 5.34. The lowest BCUT2D eigenvalue weighted by molar-refractivity contribution is 0.323. The highest BCUT2D eigenvalue weighted by atomic mass is 16.5. The quantitative estimate of drug-likeness (QED) is 0.820. The van der Waals surface area contributed by atoms with E-state index < -0.39 is 0 Å². The first-order valence-electron chi connectivity index (χ1n) is 6.81. The fraction of sp³-hybridized carbons (Fsp3) is 0.714.